The highest BCUT2D eigenvalue weighted by molar-refractivity contribution is 5.97. The summed E-state index contributed by atoms with van der Waals surface area (Å²) in [6.45, 7) is 0. The largest absolute Gasteiger partial charge is 0.467 e. The molecular weight excluding hydrogens is 408 g/mol. The summed E-state index contributed by atoms with van der Waals surface area (Å²) in [6.07, 6.45) is -9.20. The molecule has 0 bridgehead atoms. The van der Waals surface area contributed by atoms with Crippen molar-refractivity contribution in [3.8, 4) is 0 Å². The van der Waals surface area contributed by atoms with Crippen molar-refractivity contribution >= 4 is 17.7 Å². The van der Waals surface area contributed by atoms with Gasteiger partial charge in [0.15, 0.2) is 0 Å². The second-order valence-electron chi connectivity index (χ2n) is 6.66. The van der Waals surface area contributed by atoms with Crippen molar-refractivity contribution in [1.29, 1.82) is 0 Å². The number of Topliss-reactive ketones (excluding diaryl/α,β-unsaturated/α-hetero) is 1. The van der Waals surface area contributed by atoms with Gasteiger partial charge in [-0.1, -0.05) is 0 Å². The minimum absolute atomic E-state index is 0.0591. The van der Waals surface area contributed by atoms with Crippen LogP contribution in [-0.2, 0) is 26.7 Å². The Kier molecular flexibility index (Phi) is 6.59. The Bertz CT molecular complexity index is 770. The summed E-state index contributed by atoms with van der Waals surface area (Å²) in [4.78, 5) is 36.1. The zero-order valence-electron chi connectivity index (χ0n) is 15.1. The third-order valence-electron chi connectivity index (χ3n) is 4.58. The van der Waals surface area contributed by atoms with Gasteiger partial charge in [0, 0.05) is 18.4 Å². The smallest absolute Gasteiger partial charge is 0.416 e. The maximum absolute atomic E-state index is 13.0. The molecule has 0 aliphatic heterocycles. The molecule has 160 valence electrons. The van der Waals surface area contributed by atoms with E-state index in [1.54, 1.807) is 0 Å². The van der Waals surface area contributed by atoms with Crippen LogP contribution < -0.4 is 5.32 Å². The Morgan fingerprint density at radius 3 is 2.07 bits per heavy atom. The van der Waals surface area contributed by atoms with Crippen LogP contribution in [0, 0.1) is 5.92 Å². The molecule has 11 heteroatoms. The summed E-state index contributed by atoms with van der Waals surface area (Å²) in [5.74, 6) is -3.08. The van der Waals surface area contributed by atoms with E-state index in [0.717, 1.165) is 7.11 Å². The van der Waals surface area contributed by atoms with E-state index in [0.29, 0.717) is 19.3 Å². The second kappa shape index (κ2) is 8.42. The van der Waals surface area contributed by atoms with Crippen molar-refractivity contribution in [2.45, 2.75) is 44.1 Å². The molecule has 0 aromatic heterocycles. The van der Waals surface area contributed by atoms with Gasteiger partial charge in [-0.2, -0.15) is 26.3 Å². The van der Waals surface area contributed by atoms with Gasteiger partial charge in [0.05, 0.1) is 18.2 Å². The second-order valence-corrected chi connectivity index (χ2v) is 6.66. The summed E-state index contributed by atoms with van der Waals surface area (Å²) >= 11 is 0. The first kappa shape index (κ1) is 22.7. The average molecular weight is 425 g/mol. The van der Waals surface area contributed by atoms with Gasteiger partial charge >= 0.3 is 18.3 Å². The molecule has 1 aromatic carbocycles. The molecule has 1 amide bonds. The monoisotopic (exact) mass is 425 g/mol. The molecule has 1 aliphatic carbocycles. The van der Waals surface area contributed by atoms with Crippen LogP contribution >= 0.6 is 0 Å². The van der Waals surface area contributed by atoms with E-state index >= 15 is 0 Å². The normalized spacial score (nSPS) is 18.9. The third-order valence-corrected chi connectivity index (χ3v) is 4.58. The van der Waals surface area contributed by atoms with Crippen LogP contribution in [0.3, 0.4) is 0 Å². The van der Waals surface area contributed by atoms with Crippen molar-refractivity contribution in [2.75, 3.05) is 7.11 Å². The van der Waals surface area contributed by atoms with Crippen molar-refractivity contribution in [2.24, 2.45) is 5.92 Å². The molecule has 1 fully saturated rings. The molecule has 0 heterocycles. The fourth-order valence-corrected chi connectivity index (χ4v) is 3.15. The van der Waals surface area contributed by atoms with E-state index in [-0.39, 0.29) is 30.4 Å². The fourth-order valence-electron chi connectivity index (χ4n) is 3.15. The first-order valence-corrected chi connectivity index (χ1v) is 8.52. The van der Waals surface area contributed by atoms with E-state index in [1.807, 2.05) is 0 Å². The molecule has 29 heavy (non-hydrogen) atoms. The molecule has 1 N–H and O–H groups in total. The van der Waals surface area contributed by atoms with Gasteiger partial charge in [0.25, 0.3) is 5.91 Å². The third kappa shape index (κ3) is 5.70. The lowest BCUT2D eigenvalue weighted by atomic mass is 9.83. The number of rotatable bonds is 4. The fraction of sp³-hybridized carbons (Fsp3) is 0.500. The van der Waals surface area contributed by atoms with Gasteiger partial charge in [0.1, 0.15) is 11.8 Å². The van der Waals surface area contributed by atoms with Crippen LogP contribution in [0.1, 0.15) is 47.2 Å². The highest BCUT2D eigenvalue weighted by Crippen LogP contribution is 2.36. The number of ketones is 1. The number of amides is 1. The molecule has 1 aromatic rings. The Labute approximate surface area is 161 Å². The van der Waals surface area contributed by atoms with E-state index in [9.17, 15) is 40.7 Å². The van der Waals surface area contributed by atoms with Gasteiger partial charge in [-0.3, -0.25) is 9.59 Å². The minimum Gasteiger partial charge on any atom is -0.467 e. The highest BCUT2D eigenvalue weighted by atomic mass is 19.4. The van der Waals surface area contributed by atoms with Crippen LogP contribution in [-0.4, -0.2) is 30.8 Å². The standard InChI is InChI=1S/C18H17F6NO4/c1-29-16(28)14(9-3-2-4-13(26)7-9)25-15(27)10-5-11(17(19,20)21)8-12(6-10)18(22,23)24/h5-6,8-9,14H,2-4,7H2,1H3,(H,25,27)/t9-,14+/m0/s1. The molecule has 0 radical (unpaired) electrons. The minimum atomic E-state index is -5.12. The summed E-state index contributed by atoms with van der Waals surface area (Å²) in [7, 11) is 1.01. The maximum Gasteiger partial charge on any atom is 0.416 e. The topological polar surface area (TPSA) is 72.5 Å². The average Bonchev–Trinajstić information content (AvgIpc) is 2.63. The lowest BCUT2D eigenvalue weighted by Gasteiger charge is -2.28. The molecule has 1 saturated carbocycles. The van der Waals surface area contributed by atoms with Crippen molar-refractivity contribution < 1.29 is 45.5 Å². The number of ether oxygens (including phenoxy) is 1. The van der Waals surface area contributed by atoms with Crippen LogP contribution in [0.15, 0.2) is 18.2 Å². The number of methoxy groups -OCH3 is 1. The van der Waals surface area contributed by atoms with Gasteiger partial charge in [-0.25, -0.2) is 4.79 Å². The van der Waals surface area contributed by atoms with E-state index < -0.39 is 52.9 Å². The lowest BCUT2D eigenvalue weighted by molar-refractivity contribution is -0.145. The predicted molar refractivity (Wildman–Crippen MR) is 86.7 cm³/mol. The van der Waals surface area contributed by atoms with Crippen molar-refractivity contribution in [3.05, 3.63) is 34.9 Å². The number of benzene rings is 1. The number of hydrogen-bond acceptors (Lipinski definition) is 4. The molecule has 1 aliphatic rings. The molecule has 2 rings (SSSR count). The Morgan fingerprint density at radius 2 is 1.62 bits per heavy atom. The first-order chi connectivity index (χ1) is 13.3. The molecule has 2 atom stereocenters. The number of hydrogen-bond donors (Lipinski definition) is 1. The molecule has 0 unspecified atom stereocenters. The van der Waals surface area contributed by atoms with Gasteiger partial charge < -0.3 is 10.1 Å². The van der Waals surface area contributed by atoms with E-state index in [4.69, 9.17) is 0 Å². The zero-order chi connectivity index (χ0) is 22.0. The first-order valence-electron chi connectivity index (χ1n) is 8.52. The molecule has 0 spiro atoms. The van der Waals surface area contributed by atoms with Gasteiger partial charge in [0.2, 0.25) is 0 Å². The van der Waals surface area contributed by atoms with Gasteiger partial charge in [-0.15, -0.1) is 0 Å². The quantitative estimate of drug-likeness (QED) is 0.589. The predicted octanol–water partition coefficient (Wildman–Crippen LogP) is 3.75. The highest BCUT2D eigenvalue weighted by Gasteiger charge is 2.39. The Balaban J connectivity index is 2.38. The Hall–Kier alpha value is -2.59. The number of nitrogens with one attached hydrogen (secondary N) is 1. The summed E-state index contributed by atoms with van der Waals surface area (Å²) < 4.78 is 82.4. The van der Waals surface area contributed by atoms with Crippen molar-refractivity contribution in [3.63, 3.8) is 0 Å². The zero-order valence-corrected chi connectivity index (χ0v) is 15.1. The summed E-state index contributed by atoms with van der Waals surface area (Å²) in [5.41, 5.74) is -4.22. The van der Waals surface area contributed by atoms with Gasteiger partial charge in [-0.05, 0) is 37.0 Å². The Morgan fingerprint density at radius 1 is 1.07 bits per heavy atom. The number of esters is 1. The van der Waals surface area contributed by atoms with Crippen LogP contribution in [0.25, 0.3) is 0 Å². The SMILES string of the molecule is COC(=O)[C@H](NC(=O)c1cc(C(F)(F)F)cc(C(F)(F)F)c1)[C@H]1CCCC(=O)C1. The molecular formula is C18H17F6NO4. The maximum atomic E-state index is 13.0. The molecule has 5 nitrogen and oxygen atoms in total. The number of carbonyl (C=O) groups is 3. The van der Waals surface area contributed by atoms with Crippen LogP contribution in [0.4, 0.5) is 26.3 Å². The summed E-state index contributed by atoms with van der Waals surface area (Å²) in [6, 6.07) is -0.940. The van der Waals surface area contributed by atoms with E-state index in [1.165, 1.54) is 0 Å². The van der Waals surface area contributed by atoms with Crippen LogP contribution in [0.2, 0.25) is 0 Å². The van der Waals surface area contributed by atoms with E-state index in [2.05, 4.69) is 10.1 Å². The summed E-state index contributed by atoms with van der Waals surface area (Å²) in [5, 5.41) is 2.13. The lowest BCUT2D eigenvalue weighted by Crippen LogP contribution is -2.48. The number of alkyl halides is 6. The molecule has 0 saturated heterocycles. The number of carbonyl (C=O) groups excluding carboxylic acids is 3. The number of halogens is 6. The van der Waals surface area contributed by atoms with Crippen LogP contribution in [0.5, 0.6) is 0 Å². The van der Waals surface area contributed by atoms with Crippen molar-refractivity contribution in [1.82, 2.24) is 5.32 Å².